The molecule has 1 rings (SSSR count). The van der Waals surface area contributed by atoms with Crippen LogP contribution >= 0.6 is 15.9 Å². The smallest absolute Gasteiger partial charge is 0.126 e. The first-order valence-electron chi connectivity index (χ1n) is 6.00. The van der Waals surface area contributed by atoms with E-state index in [2.05, 4.69) is 15.9 Å². The van der Waals surface area contributed by atoms with Gasteiger partial charge in [0.2, 0.25) is 0 Å². The number of aryl methyl sites for hydroxylation is 1. The summed E-state index contributed by atoms with van der Waals surface area (Å²) in [6.07, 6.45) is 3.25. The Labute approximate surface area is 117 Å². The van der Waals surface area contributed by atoms with Crippen molar-refractivity contribution < 1.29 is 4.39 Å². The molecule has 0 radical (unpaired) electrons. The van der Waals surface area contributed by atoms with Gasteiger partial charge in [0.15, 0.2) is 0 Å². The minimum Gasteiger partial charge on any atom is -0.402 e. The van der Waals surface area contributed by atoms with Gasteiger partial charge in [-0.3, -0.25) is 0 Å². The molecule has 18 heavy (non-hydrogen) atoms. The zero-order valence-electron chi connectivity index (χ0n) is 11.1. The second-order valence-corrected chi connectivity index (χ2v) is 5.65. The summed E-state index contributed by atoms with van der Waals surface area (Å²) >= 11 is 3.37. The molecular formula is C15H19BrFN. The van der Waals surface area contributed by atoms with Gasteiger partial charge in [0.05, 0.1) is 0 Å². The molecule has 0 aliphatic rings. The molecule has 0 aromatic heterocycles. The number of halogens is 2. The van der Waals surface area contributed by atoms with E-state index in [9.17, 15) is 4.39 Å². The van der Waals surface area contributed by atoms with Gasteiger partial charge in [0.25, 0.3) is 0 Å². The molecule has 0 atom stereocenters. The van der Waals surface area contributed by atoms with Gasteiger partial charge in [-0.1, -0.05) is 35.0 Å². The molecule has 0 bridgehead atoms. The maximum absolute atomic E-state index is 13.6. The minimum absolute atomic E-state index is 0.146. The zero-order valence-corrected chi connectivity index (χ0v) is 12.6. The first kappa shape index (κ1) is 15.0. The van der Waals surface area contributed by atoms with E-state index in [1.54, 1.807) is 6.07 Å². The third-order valence-electron chi connectivity index (χ3n) is 2.81. The molecule has 1 nitrogen and oxygen atoms in total. The van der Waals surface area contributed by atoms with Gasteiger partial charge >= 0.3 is 0 Å². The molecule has 3 heteroatoms. The average Bonchev–Trinajstić information content (AvgIpc) is 2.28. The SMILES string of the molecule is CCc1ccc(C/C(N)=C(C)/C=C(\C)Br)cc1F. The number of benzene rings is 1. The van der Waals surface area contributed by atoms with Crippen molar-refractivity contribution >= 4 is 15.9 Å². The Kier molecular flexibility index (Phi) is 5.60. The van der Waals surface area contributed by atoms with Gasteiger partial charge in [0, 0.05) is 12.1 Å². The van der Waals surface area contributed by atoms with Gasteiger partial charge in [-0.2, -0.15) is 0 Å². The highest BCUT2D eigenvalue weighted by atomic mass is 79.9. The van der Waals surface area contributed by atoms with Gasteiger partial charge < -0.3 is 5.73 Å². The van der Waals surface area contributed by atoms with Crippen LogP contribution < -0.4 is 5.73 Å². The number of nitrogens with two attached hydrogens (primary N) is 1. The van der Waals surface area contributed by atoms with Crippen molar-refractivity contribution in [1.82, 2.24) is 0 Å². The molecule has 0 amide bonds. The molecule has 0 spiro atoms. The lowest BCUT2D eigenvalue weighted by molar-refractivity contribution is 0.610. The molecule has 98 valence electrons. The number of hydrogen-bond acceptors (Lipinski definition) is 1. The van der Waals surface area contributed by atoms with E-state index < -0.39 is 0 Å². The van der Waals surface area contributed by atoms with E-state index in [0.717, 1.165) is 26.9 Å². The van der Waals surface area contributed by atoms with Crippen LogP contribution in [0.3, 0.4) is 0 Å². The summed E-state index contributed by atoms with van der Waals surface area (Å²) in [5.74, 6) is -0.146. The molecule has 0 saturated heterocycles. The summed E-state index contributed by atoms with van der Waals surface area (Å²) in [6, 6.07) is 5.34. The first-order valence-corrected chi connectivity index (χ1v) is 6.79. The lowest BCUT2D eigenvalue weighted by Crippen LogP contribution is -2.04. The fourth-order valence-electron chi connectivity index (χ4n) is 1.74. The lowest BCUT2D eigenvalue weighted by atomic mass is 10.0. The topological polar surface area (TPSA) is 26.0 Å². The van der Waals surface area contributed by atoms with Gasteiger partial charge in [-0.15, -0.1) is 0 Å². The molecule has 0 aliphatic carbocycles. The molecule has 0 aliphatic heterocycles. The van der Waals surface area contributed by atoms with Crippen molar-refractivity contribution in [1.29, 1.82) is 0 Å². The summed E-state index contributed by atoms with van der Waals surface area (Å²) in [5.41, 5.74) is 9.42. The number of allylic oxidation sites excluding steroid dienone is 4. The van der Waals surface area contributed by atoms with Gasteiger partial charge in [-0.25, -0.2) is 4.39 Å². The molecule has 0 heterocycles. The summed E-state index contributed by atoms with van der Waals surface area (Å²) in [7, 11) is 0. The molecule has 1 aromatic rings. The van der Waals surface area contributed by atoms with E-state index in [1.165, 1.54) is 0 Å². The summed E-state index contributed by atoms with van der Waals surface area (Å²) in [6.45, 7) is 5.85. The van der Waals surface area contributed by atoms with Crippen molar-refractivity contribution in [2.45, 2.75) is 33.6 Å². The minimum atomic E-state index is -0.146. The van der Waals surface area contributed by atoms with E-state index in [4.69, 9.17) is 5.73 Å². The van der Waals surface area contributed by atoms with Crippen LogP contribution in [-0.4, -0.2) is 0 Å². The maximum Gasteiger partial charge on any atom is 0.126 e. The number of rotatable bonds is 4. The standard InChI is InChI=1S/C15H19BrFN/c1-4-13-6-5-12(8-14(13)17)9-15(18)10(2)7-11(3)16/h5-8H,4,9,18H2,1-3H3/b11-7+,15-10-. The van der Waals surface area contributed by atoms with Crippen molar-refractivity contribution in [3.05, 3.63) is 57.0 Å². The van der Waals surface area contributed by atoms with Crippen LogP contribution in [0, 0.1) is 5.82 Å². The largest absolute Gasteiger partial charge is 0.402 e. The van der Waals surface area contributed by atoms with E-state index in [0.29, 0.717) is 12.8 Å². The molecule has 0 unspecified atom stereocenters. The predicted octanol–water partition coefficient (Wildman–Crippen LogP) is 4.46. The Balaban J connectivity index is 2.92. The van der Waals surface area contributed by atoms with Gasteiger partial charge in [-0.05, 0) is 53.6 Å². The van der Waals surface area contributed by atoms with Crippen molar-refractivity contribution in [3.63, 3.8) is 0 Å². The molecule has 1 aromatic carbocycles. The van der Waals surface area contributed by atoms with Crippen LogP contribution in [0.5, 0.6) is 0 Å². The summed E-state index contributed by atoms with van der Waals surface area (Å²) < 4.78 is 14.7. The monoisotopic (exact) mass is 311 g/mol. The lowest BCUT2D eigenvalue weighted by Gasteiger charge is -2.07. The Hall–Kier alpha value is -1.09. The van der Waals surface area contributed by atoms with Crippen LogP contribution in [0.4, 0.5) is 4.39 Å². The van der Waals surface area contributed by atoms with E-state index in [1.807, 2.05) is 39.0 Å². The van der Waals surface area contributed by atoms with Crippen LogP contribution in [0.2, 0.25) is 0 Å². The van der Waals surface area contributed by atoms with E-state index in [-0.39, 0.29) is 5.82 Å². The third-order valence-corrected chi connectivity index (χ3v) is 3.04. The van der Waals surface area contributed by atoms with Crippen LogP contribution in [0.1, 0.15) is 31.9 Å². The number of hydrogen-bond donors (Lipinski definition) is 1. The Bertz CT molecular complexity index is 485. The third kappa shape index (κ3) is 4.30. The fraction of sp³-hybridized carbons (Fsp3) is 0.333. The second-order valence-electron chi connectivity index (χ2n) is 4.40. The predicted molar refractivity (Wildman–Crippen MR) is 79.1 cm³/mol. The van der Waals surface area contributed by atoms with Crippen molar-refractivity contribution in [2.24, 2.45) is 5.73 Å². The Morgan fingerprint density at radius 1 is 1.39 bits per heavy atom. The Morgan fingerprint density at radius 3 is 2.56 bits per heavy atom. The molecule has 0 fully saturated rings. The van der Waals surface area contributed by atoms with Crippen LogP contribution in [0.25, 0.3) is 0 Å². The fourth-order valence-corrected chi connectivity index (χ4v) is 2.08. The highest BCUT2D eigenvalue weighted by Gasteiger charge is 2.04. The maximum atomic E-state index is 13.6. The zero-order chi connectivity index (χ0) is 13.7. The van der Waals surface area contributed by atoms with Crippen LogP contribution in [0.15, 0.2) is 40.0 Å². The summed E-state index contributed by atoms with van der Waals surface area (Å²) in [5, 5.41) is 0. The van der Waals surface area contributed by atoms with Crippen molar-refractivity contribution in [3.8, 4) is 0 Å². The molecular weight excluding hydrogens is 293 g/mol. The highest BCUT2D eigenvalue weighted by Crippen LogP contribution is 2.16. The quantitative estimate of drug-likeness (QED) is 0.816. The average molecular weight is 312 g/mol. The Morgan fingerprint density at radius 2 is 2.06 bits per heavy atom. The molecule has 0 saturated carbocycles. The van der Waals surface area contributed by atoms with E-state index >= 15 is 0 Å². The second kappa shape index (κ2) is 6.74. The van der Waals surface area contributed by atoms with Crippen LogP contribution in [-0.2, 0) is 12.8 Å². The molecule has 2 N–H and O–H groups in total. The first-order chi connectivity index (χ1) is 8.43. The van der Waals surface area contributed by atoms with Gasteiger partial charge in [0.1, 0.15) is 5.82 Å². The highest BCUT2D eigenvalue weighted by molar-refractivity contribution is 9.11. The van der Waals surface area contributed by atoms with Crippen molar-refractivity contribution in [2.75, 3.05) is 0 Å². The normalized spacial score (nSPS) is 13.5. The summed E-state index contributed by atoms with van der Waals surface area (Å²) in [4.78, 5) is 0.